The van der Waals surface area contributed by atoms with E-state index >= 15 is 0 Å². The third-order valence-electron chi connectivity index (χ3n) is 7.22. The van der Waals surface area contributed by atoms with Gasteiger partial charge in [-0.2, -0.15) is 0 Å². The first-order valence-electron chi connectivity index (χ1n) is 13.0. The van der Waals surface area contributed by atoms with Gasteiger partial charge in [0.2, 0.25) is 11.8 Å². The fourth-order valence-electron chi connectivity index (χ4n) is 4.93. The van der Waals surface area contributed by atoms with Crippen molar-refractivity contribution in [2.24, 2.45) is 0 Å². The van der Waals surface area contributed by atoms with Gasteiger partial charge in [-0.15, -0.1) is 0 Å². The third-order valence-corrected chi connectivity index (χ3v) is 7.22. The number of hydrogen-bond acceptors (Lipinski definition) is 4. The van der Waals surface area contributed by atoms with Crippen LogP contribution in [0.2, 0.25) is 0 Å². The largest absolute Gasteiger partial charge is 0.496 e. The smallest absolute Gasteiger partial charge is 0.254 e. The number of nitrogens with zero attached hydrogens (tertiary/aromatic N) is 2. The molecule has 7 nitrogen and oxygen atoms in total. The molecule has 1 saturated heterocycles. The maximum atomic E-state index is 12.8. The number of likely N-dealkylation sites (N-methyl/N-ethyl adjacent to an activating group) is 1. The molecule has 0 saturated carbocycles. The summed E-state index contributed by atoms with van der Waals surface area (Å²) in [5, 5.41) is 2.98. The lowest BCUT2D eigenvalue weighted by Crippen LogP contribution is -2.44. The lowest BCUT2D eigenvalue weighted by Gasteiger charge is -2.33. The molecular weight excluding hydrogens is 478 g/mol. The van der Waals surface area contributed by atoms with Crippen LogP contribution in [0.5, 0.6) is 5.75 Å². The number of hydrogen-bond donors (Lipinski definition) is 1. The molecule has 3 amide bonds. The third kappa shape index (κ3) is 6.59. The lowest BCUT2D eigenvalue weighted by atomic mass is 9.89. The van der Waals surface area contributed by atoms with Gasteiger partial charge in [0.05, 0.1) is 20.1 Å². The fraction of sp³-hybridized carbons (Fsp3) is 0.323. The first-order valence-corrected chi connectivity index (χ1v) is 13.0. The maximum Gasteiger partial charge on any atom is 0.254 e. The number of ether oxygens (including phenoxy) is 1. The predicted molar refractivity (Wildman–Crippen MR) is 148 cm³/mol. The Morgan fingerprint density at radius 2 is 1.63 bits per heavy atom. The number of anilines is 1. The Bertz CT molecular complexity index is 1270. The summed E-state index contributed by atoms with van der Waals surface area (Å²) in [7, 11) is 3.29. The highest BCUT2D eigenvalue weighted by molar-refractivity contribution is 5.96. The lowest BCUT2D eigenvalue weighted by molar-refractivity contribution is -0.132. The quantitative estimate of drug-likeness (QED) is 0.475. The van der Waals surface area contributed by atoms with Gasteiger partial charge in [0.25, 0.3) is 5.91 Å². The number of carbonyl (C=O) groups is 3. The topological polar surface area (TPSA) is 79.0 Å². The molecule has 1 aliphatic heterocycles. The molecule has 1 heterocycles. The number of amides is 3. The maximum absolute atomic E-state index is 12.8. The van der Waals surface area contributed by atoms with Crippen molar-refractivity contribution in [3.8, 4) is 5.75 Å². The highest BCUT2D eigenvalue weighted by Crippen LogP contribution is 2.29. The van der Waals surface area contributed by atoms with E-state index in [1.165, 1.54) is 10.5 Å². The summed E-state index contributed by atoms with van der Waals surface area (Å²) < 4.78 is 5.35. The zero-order valence-corrected chi connectivity index (χ0v) is 22.3. The molecule has 38 heavy (non-hydrogen) atoms. The molecule has 198 valence electrons. The van der Waals surface area contributed by atoms with Crippen molar-refractivity contribution in [2.75, 3.05) is 39.1 Å². The summed E-state index contributed by atoms with van der Waals surface area (Å²) in [5.74, 6) is 0.878. The molecule has 0 radical (unpaired) electrons. The Balaban J connectivity index is 1.25. The van der Waals surface area contributed by atoms with Crippen molar-refractivity contribution in [1.82, 2.24) is 9.80 Å². The van der Waals surface area contributed by atoms with E-state index in [4.69, 9.17) is 4.74 Å². The molecule has 0 unspecified atom stereocenters. The highest BCUT2D eigenvalue weighted by atomic mass is 16.5. The Hall–Kier alpha value is -4.13. The van der Waals surface area contributed by atoms with Crippen LogP contribution in [0.1, 0.15) is 45.8 Å². The molecule has 4 rings (SSSR count). The van der Waals surface area contributed by atoms with Gasteiger partial charge in [0.1, 0.15) is 5.75 Å². The average molecular weight is 514 g/mol. The fourth-order valence-corrected chi connectivity index (χ4v) is 4.93. The van der Waals surface area contributed by atoms with E-state index in [9.17, 15) is 14.4 Å². The Morgan fingerprint density at radius 3 is 2.29 bits per heavy atom. The van der Waals surface area contributed by atoms with Gasteiger partial charge in [-0.05, 0) is 72.7 Å². The van der Waals surface area contributed by atoms with E-state index in [0.29, 0.717) is 24.6 Å². The van der Waals surface area contributed by atoms with Gasteiger partial charge in [0.15, 0.2) is 0 Å². The summed E-state index contributed by atoms with van der Waals surface area (Å²) in [4.78, 5) is 41.3. The van der Waals surface area contributed by atoms with Crippen molar-refractivity contribution in [3.63, 3.8) is 0 Å². The van der Waals surface area contributed by atoms with Crippen molar-refractivity contribution >= 4 is 23.4 Å². The number of nitrogens with one attached hydrogen (secondary N) is 1. The second-order valence-electron chi connectivity index (χ2n) is 9.77. The molecule has 1 aliphatic rings. The van der Waals surface area contributed by atoms with Crippen LogP contribution in [-0.2, 0) is 16.0 Å². The van der Waals surface area contributed by atoms with Gasteiger partial charge in [-0.1, -0.05) is 42.5 Å². The van der Waals surface area contributed by atoms with Crippen LogP contribution in [0, 0.1) is 6.92 Å². The molecule has 0 aromatic heterocycles. The molecular formula is C31H35N3O4. The zero-order chi connectivity index (χ0) is 27.1. The second kappa shape index (κ2) is 12.4. The van der Waals surface area contributed by atoms with E-state index in [1.54, 1.807) is 26.3 Å². The van der Waals surface area contributed by atoms with Gasteiger partial charge < -0.3 is 19.9 Å². The number of piperidine rings is 1. The normalized spacial score (nSPS) is 13.6. The van der Waals surface area contributed by atoms with Gasteiger partial charge in [-0.25, -0.2) is 0 Å². The molecule has 0 spiro atoms. The van der Waals surface area contributed by atoms with E-state index in [2.05, 4.69) is 17.4 Å². The van der Waals surface area contributed by atoms with E-state index < -0.39 is 0 Å². The van der Waals surface area contributed by atoms with Gasteiger partial charge in [-0.3, -0.25) is 14.4 Å². The Labute approximate surface area is 224 Å². The van der Waals surface area contributed by atoms with Crippen LogP contribution in [0.4, 0.5) is 5.69 Å². The summed E-state index contributed by atoms with van der Waals surface area (Å²) in [6.45, 7) is 3.35. The average Bonchev–Trinajstić information content (AvgIpc) is 2.94. The number of carbonyl (C=O) groups excluding carboxylic acids is 3. The number of methoxy groups -OCH3 is 1. The first kappa shape index (κ1) is 26.9. The molecule has 3 aromatic rings. The predicted octanol–water partition coefficient (Wildman–Crippen LogP) is 4.66. The van der Waals surface area contributed by atoms with E-state index in [-0.39, 0.29) is 30.7 Å². The van der Waals surface area contributed by atoms with Crippen molar-refractivity contribution in [1.29, 1.82) is 0 Å². The number of rotatable bonds is 8. The van der Waals surface area contributed by atoms with Gasteiger partial charge in [0, 0.05) is 31.4 Å². The van der Waals surface area contributed by atoms with Crippen LogP contribution in [0.15, 0.2) is 72.8 Å². The molecule has 1 N–H and O–H groups in total. The molecule has 7 heteroatoms. The minimum absolute atomic E-state index is 0.0282. The monoisotopic (exact) mass is 513 g/mol. The van der Waals surface area contributed by atoms with Crippen LogP contribution in [0.3, 0.4) is 0 Å². The number of benzene rings is 3. The van der Waals surface area contributed by atoms with Crippen LogP contribution in [0.25, 0.3) is 0 Å². The van der Waals surface area contributed by atoms with E-state index in [1.807, 2.05) is 60.4 Å². The summed E-state index contributed by atoms with van der Waals surface area (Å²) >= 11 is 0. The molecule has 3 aromatic carbocycles. The van der Waals surface area contributed by atoms with Crippen LogP contribution < -0.4 is 10.1 Å². The minimum Gasteiger partial charge on any atom is -0.496 e. The number of likely N-dealkylation sites (tertiary alicyclic amines) is 1. The molecule has 1 fully saturated rings. The summed E-state index contributed by atoms with van der Waals surface area (Å²) in [5.41, 5.74) is 4.46. The summed E-state index contributed by atoms with van der Waals surface area (Å²) in [6, 6.07) is 22.7. The van der Waals surface area contributed by atoms with Crippen molar-refractivity contribution < 1.29 is 19.1 Å². The first-order chi connectivity index (χ1) is 18.4. The summed E-state index contributed by atoms with van der Waals surface area (Å²) in [6.07, 6.45) is 2.01. The Morgan fingerprint density at radius 1 is 0.947 bits per heavy atom. The molecule has 0 aliphatic carbocycles. The zero-order valence-electron chi connectivity index (χ0n) is 22.3. The highest BCUT2D eigenvalue weighted by Gasteiger charge is 2.25. The van der Waals surface area contributed by atoms with Crippen molar-refractivity contribution in [3.05, 3.63) is 95.1 Å². The van der Waals surface area contributed by atoms with Gasteiger partial charge >= 0.3 is 0 Å². The van der Waals surface area contributed by atoms with Crippen LogP contribution >= 0.6 is 0 Å². The Kier molecular flexibility index (Phi) is 8.79. The SMILES string of the molecule is COc1cccc(CC(=O)Nc2ccc(C3CCN(C(=O)CN(C)C(=O)c4ccccc4)CC3)cc2)c1C. The van der Waals surface area contributed by atoms with Crippen LogP contribution in [-0.4, -0.2) is 61.3 Å². The van der Waals surface area contributed by atoms with E-state index in [0.717, 1.165) is 35.4 Å². The van der Waals surface area contributed by atoms with Crippen molar-refractivity contribution in [2.45, 2.75) is 32.1 Å². The standard InChI is InChI=1S/C31H35N3O4/c1-22-26(10-7-11-28(22)38-3)20-29(35)32-27-14-12-23(13-15-27)24-16-18-34(19-17-24)30(36)21-33(2)31(37)25-8-5-4-6-9-25/h4-15,24H,16-21H2,1-3H3,(H,32,35). The minimum atomic E-state index is -0.153. The second-order valence-corrected chi connectivity index (χ2v) is 9.77. The molecule has 0 bridgehead atoms. The molecule has 0 atom stereocenters.